The van der Waals surface area contributed by atoms with E-state index in [2.05, 4.69) is 37.1 Å². The molecule has 0 amide bonds. The number of nitrogens with one attached hydrogen (secondary N) is 1. The molecule has 1 aromatic carbocycles. The van der Waals surface area contributed by atoms with Crippen molar-refractivity contribution >= 4 is 17.9 Å². The van der Waals surface area contributed by atoms with E-state index >= 15 is 0 Å². The van der Waals surface area contributed by atoms with E-state index < -0.39 is 5.82 Å². The van der Waals surface area contributed by atoms with Gasteiger partial charge in [-0.1, -0.05) is 13.0 Å². The van der Waals surface area contributed by atoms with Gasteiger partial charge in [-0.05, 0) is 48.9 Å². The van der Waals surface area contributed by atoms with Gasteiger partial charge in [-0.25, -0.2) is 24.3 Å². The smallest absolute Gasteiger partial charge is 0.226 e. The van der Waals surface area contributed by atoms with Gasteiger partial charge < -0.3 is 15.0 Å². The van der Waals surface area contributed by atoms with Gasteiger partial charge in [-0.15, -0.1) is 0 Å². The zero-order chi connectivity index (χ0) is 22.0. The van der Waals surface area contributed by atoms with E-state index in [1.165, 1.54) is 12.4 Å². The highest BCUT2D eigenvalue weighted by atomic mass is 19.1. The van der Waals surface area contributed by atoms with E-state index in [0.29, 0.717) is 29.7 Å². The van der Waals surface area contributed by atoms with Crippen LogP contribution >= 0.6 is 0 Å². The van der Waals surface area contributed by atoms with Crippen LogP contribution in [0.3, 0.4) is 0 Å². The zero-order valence-corrected chi connectivity index (χ0v) is 17.7. The van der Waals surface area contributed by atoms with Crippen LogP contribution in [0.5, 0.6) is 0 Å². The standard InChI is InChI=1S/C12H12FN3.C11H13N3O/c1-8-3-4-10(14-2)5-11(8)12-15-6-9(13)7-16-12;1-7-9-5-8(6-15)14(10(7)9)11-12-3-2-4-13-11/h3-7,14H,1-2H3;2-4,6-10H,5H2,1H3. The molecule has 2 aromatic heterocycles. The molecule has 31 heavy (non-hydrogen) atoms. The van der Waals surface area contributed by atoms with Crippen LogP contribution in [0.25, 0.3) is 11.4 Å². The summed E-state index contributed by atoms with van der Waals surface area (Å²) in [5, 5.41) is 3.05. The van der Waals surface area contributed by atoms with Crippen molar-refractivity contribution in [2.75, 3.05) is 17.3 Å². The number of hydrogen-bond acceptors (Lipinski definition) is 7. The lowest BCUT2D eigenvalue weighted by molar-refractivity contribution is -0.109. The van der Waals surface area contributed by atoms with Crippen LogP contribution in [0.4, 0.5) is 16.0 Å². The molecule has 1 saturated carbocycles. The molecule has 4 unspecified atom stereocenters. The van der Waals surface area contributed by atoms with E-state index in [-0.39, 0.29) is 6.04 Å². The number of carbonyl (C=O) groups is 1. The number of fused-ring (bicyclic) bond motifs is 1. The summed E-state index contributed by atoms with van der Waals surface area (Å²) in [5.41, 5.74) is 2.95. The summed E-state index contributed by atoms with van der Waals surface area (Å²) in [4.78, 5) is 29.4. The molecule has 2 aliphatic rings. The van der Waals surface area contributed by atoms with Crippen molar-refractivity contribution in [1.82, 2.24) is 19.9 Å². The Balaban J connectivity index is 0.000000149. The number of carbonyl (C=O) groups excluding carboxylic acids is 1. The number of hydrogen-bond donors (Lipinski definition) is 1. The zero-order valence-electron chi connectivity index (χ0n) is 17.7. The molecule has 0 radical (unpaired) electrons. The lowest BCUT2D eigenvalue weighted by atomic mass is 10.1. The summed E-state index contributed by atoms with van der Waals surface area (Å²) < 4.78 is 12.7. The van der Waals surface area contributed by atoms with E-state index in [1.54, 1.807) is 18.5 Å². The molecule has 0 bridgehead atoms. The second-order valence-electron chi connectivity index (χ2n) is 7.91. The second kappa shape index (κ2) is 8.75. The number of rotatable bonds is 4. The summed E-state index contributed by atoms with van der Waals surface area (Å²) in [6.45, 7) is 4.20. The highest BCUT2D eigenvalue weighted by Crippen LogP contribution is 2.53. The number of aryl methyl sites for hydroxylation is 1. The summed E-state index contributed by atoms with van der Waals surface area (Å²) in [7, 11) is 1.85. The molecule has 1 saturated heterocycles. The summed E-state index contributed by atoms with van der Waals surface area (Å²) in [6.07, 6.45) is 7.79. The van der Waals surface area contributed by atoms with Gasteiger partial charge in [0.25, 0.3) is 0 Å². The van der Waals surface area contributed by atoms with Crippen LogP contribution in [0.1, 0.15) is 18.9 Å². The number of piperidine rings is 1. The third-order valence-corrected chi connectivity index (χ3v) is 6.03. The lowest BCUT2D eigenvalue weighted by Crippen LogP contribution is -2.36. The topological polar surface area (TPSA) is 83.9 Å². The Hall–Kier alpha value is -3.42. The maximum Gasteiger partial charge on any atom is 0.226 e. The van der Waals surface area contributed by atoms with Crippen molar-refractivity contribution < 1.29 is 9.18 Å². The highest BCUT2D eigenvalue weighted by molar-refractivity contribution is 5.67. The molecular weight excluding hydrogens is 395 g/mol. The monoisotopic (exact) mass is 420 g/mol. The van der Waals surface area contributed by atoms with Crippen molar-refractivity contribution in [2.24, 2.45) is 11.8 Å². The first kappa shape index (κ1) is 20.8. The molecule has 8 heteroatoms. The minimum atomic E-state index is -0.425. The van der Waals surface area contributed by atoms with Gasteiger partial charge in [0, 0.05) is 36.7 Å². The van der Waals surface area contributed by atoms with E-state index in [1.807, 2.05) is 32.2 Å². The molecule has 4 atom stereocenters. The van der Waals surface area contributed by atoms with Gasteiger partial charge in [0.15, 0.2) is 11.6 Å². The maximum absolute atomic E-state index is 12.7. The van der Waals surface area contributed by atoms with Gasteiger partial charge in [0.05, 0.1) is 18.4 Å². The first-order valence-corrected chi connectivity index (χ1v) is 10.3. The Morgan fingerprint density at radius 1 is 1.16 bits per heavy atom. The van der Waals surface area contributed by atoms with Crippen molar-refractivity contribution in [3.8, 4) is 11.4 Å². The van der Waals surface area contributed by atoms with E-state index in [4.69, 9.17) is 0 Å². The van der Waals surface area contributed by atoms with Crippen LogP contribution in [0, 0.1) is 24.6 Å². The van der Waals surface area contributed by atoms with E-state index in [9.17, 15) is 9.18 Å². The van der Waals surface area contributed by atoms with Gasteiger partial charge >= 0.3 is 0 Å². The first-order valence-electron chi connectivity index (χ1n) is 10.3. The fraction of sp³-hybridized carbons (Fsp3) is 0.348. The number of halogens is 1. The van der Waals surface area contributed by atoms with Crippen molar-refractivity contribution in [3.05, 3.63) is 60.4 Å². The Bertz CT molecular complexity index is 1050. The van der Waals surface area contributed by atoms with Crippen LogP contribution in [-0.2, 0) is 4.79 Å². The number of nitrogens with zero attached hydrogens (tertiary/aromatic N) is 5. The van der Waals surface area contributed by atoms with Crippen molar-refractivity contribution in [3.63, 3.8) is 0 Å². The summed E-state index contributed by atoms with van der Waals surface area (Å²) in [6, 6.07) is 8.17. The quantitative estimate of drug-likeness (QED) is 0.647. The molecule has 1 aliphatic carbocycles. The molecule has 1 N–H and O–H groups in total. The molecule has 3 aromatic rings. The minimum Gasteiger partial charge on any atom is -0.388 e. The molecule has 0 spiro atoms. The average molecular weight is 420 g/mol. The maximum atomic E-state index is 12.7. The molecular formula is C23H25FN6O. The first-order chi connectivity index (χ1) is 15.0. The summed E-state index contributed by atoms with van der Waals surface area (Å²) in [5.74, 6) is 2.17. The van der Waals surface area contributed by atoms with Crippen LogP contribution in [0.2, 0.25) is 0 Å². The summed E-state index contributed by atoms with van der Waals surface area (Å²) >= 11 is 0. The van der Waals surface area contributed by atoms with Crippen LogP contribution < -0.4 is 10.2 Å². The second-order valence-corrected chi connectivity index (χ2v) is 7.91. The van der Waals surface area contributed by atoms with Crippen LogP contribution in [-0.4, -0.2) is 45.4 Å². The Kier molecular flexibility index (Phi) is 5.88. The van der Waals surface area contributed by atoms with Crippen molar-refractivity contribution in [1.29, 1.82) is 0 Å². The SMILES string of the molecule is CC1C2CC(C=O)N(c3ncccn3)C12.CNc1ccc(C)c(-c2ncc(F)cn2)c1. The van der Waals surface area contributed by atoms with Gasteiger partial charge in [-0.3, -0.25) is 0 Å². The average Bonchev–Trinajstić information content (AvgIpc) is 3.25. The molecule has 2 fully saturated rings. The predicted octanol–water partition coefficient (Wildman–Crippen LogP) is 3.52. The Morgan fingerprint density at radius 2 is 1.87 bits per heavy atom. The molecule has 160 valence electrons. The fourth-order valence-corrected chi connectivity index (χ4v) is 4.25. The largest absolute Gasteiger partial charge is 0.388 e. The number of aromatic nitrogens is 4. The van der Waals surface area contributed by atoms with Gasteiger partial charge in [-0.2, -0.15) is 0 Å². The number of aldehydes is 1. The third-order valence-electron chi connectivity index (χ3n) is 6.03. The lowest BCUT2D eigenvalue weighted by Gasteiger charge is -2.24. The molecule has 5 rings (SSSR count). The van der Waals surface area contributed by atoms with Crippen molar-refractivity contribution in [2.45, 2.75) is 32.4 Å². The van der Waals surface area contributed by atoms with E-state index in [0.717, 1.165) is 29.5 Å². The Morgan fingerprint density at radius 3 is 2.52 bits per heavy atom. The Labute approximate surface area is 180 Å². The fourth-order valence-electron chi connectivity index (χ4n) is 4.25. The molecule has 7 nitrogen and oxygen atoms in total. The predicted molar refractivity (Wildman–Crippen MR) is 117 cm³/mol. The third kappa shape index (κ3) is 4.23. The minimum absolute atomic E-state index is 0.0152. The number of benzene rings is 1. The highest BCUT2D eigenvalue weighted by Gasteiger charge is 2.59. The molecule has 3 heterocycles. The van der Waals surface area contributed by atoms with Crippen LogP contribution in [0.15, 0.2) is 49.1 Å². The normalized spacial score (nSPS) is 23.4. The van der Waals surface area contributed by atoms with Gasteiger partial charge in [0.1, 0.15) is 6.29 Å². The number of anilines is 2. The molecule has 1 aliphatic heterocycles. The van der Waals surface area contributed by atoms with Gasteiger partial charge in [0.2, 0.25) is 5.95 Å².